The van der Waals surface area contributed by atoms with Crippen molar-refractivity contribution < 1.29 is 9.50 Å². The first-order chi connectivity index (χ1) is 8.06. The minimum Gasteiger partial charge on any atom is -0.396 e. The zero-order chi connectivity index (χ0) is 12.9. The molecule has 4 heteroatoms. The molecular formula is C13H19BrFNO. The summed E-state index contributed by atoms with van der Waals surface area (Å²) in [7, 11) is 0. The maximum Gasteiger partial charge on any atom is 0.124 e. The van der Waals surface area contributed by atoms with Crippen LogP contribution in [0.4, 0.5) is 10.1 Å². The van der Waals surface area contributed by atoms with E-state index in [-0.39, 0.29) is 17.8 Å². The van der Waals surface area contributed by atoms with Crippen molar-refractivity contribution in [3.8, 4) is 0 Å². The fraction of sp³-hybridized carbons (Fsp3) is 0.538. The Morgan fingerprint density at radius 2 is 2.00 bits per heavy atom. The second kappa shape index (κ2) is 6.36. The maximum atomic E-state index is 12.9. The second-order valence-electron chi connectivity index (χ2n) is 4.34. The molecule has 1 aromatic rings. The van der Waals surface area contributed by atoms with Gasteiger partial charge in [-0.25, -0.2) is 4.39 Å². The van der Waals surface area contributed by atoms with Gasteiger partial charge in [0, 0.05) is 22.1 Å². The lowest BCUT2D eigenvalue weighted by atomic mass is 9.83. The second-order valence-corrected chi connectivity index (χ2v) is 5.20. The molecule has 0 saturated carbocycles. The number of anilines is 1. The zero-order valence-corrected chi connectivity index (χ0v) is 11.8. The molecule has 17 heavy (non-hydrogen) atoms. The molecule has 0 aliphatic heterocycles. The molecule has 0 aromatic heterocycles. The van der Waals surface area contributed by atoms with Gasteiger partial charge in [-0.15, -0.1) is 0 Å². The first-order valence-corrected chi connectivity index (χ1v) is 6.66. The Bertz CT molecular complexity index is 358. The number of aliphatic hydroxyl groups is 1. The van der Waals surface area contributed by atoms with Gasteiger partial charge in [0.1, 0.15) is 5.82 Å². The van der Waals surface area contributed by atoms with Gasteiger partial charge < -0.3 is 10.4 Å². The van der Waals surface area contributed by atoms with E-state index in [4.69, 9.17) is 0 Å². The molecule has 2 N–H and O–H groups in total. The topological polar surface area (TPSA) is 32.3 Å². The standard InChI is InChI=1S/C13H19BrFNO/c1-3-13(4-2,9-17)8-16-12-6-5-10(15)7-11(12)14/h5-7,16-17H,3-4,8-9H2,1-2H3. The Kier molecular flexibility index (Phi) is 5.40. The van der Waals surface area contributed by atoms with Gasteiger partial charge in [0.05, 0.1) is 6.61 Å². The number of aliphatic hydroxyl groups excluding tert-OH is 1. The van der Waals surface area contributed by atoms with Gasteiger partial charge in [0.15, 0.2) is 0 Å². The van der Waals surface area contributed by atoms with Crippen LogP contribution in [-0.4, -0.2) is 18.3 Å². The third kappa shape index (κ3) is 3.68. The first-order valence-electron chi connectivity index (χ1n) is 5.86. The Labute approximate surface area is 110 Å². The summed E-state index contributed by atoms with van der Waals surface area (Å²) in [5.41, 5.74) is 0.750. The third-order valence-electron chi connectivity index (χ3n) is 3.42. The summed E-state index contributed by atoms with van der Waals surface area (Å²) in [6, 6.07) is 4.55. The lowest BCUT2D eigenvalue weighted by Crippen LogP contribution is -2.32. The lowest BCUT2D eigenvalue weighted by Gasteiger charge is -2.30. The predicted molar refractivity (Wildman–Crippen MR) is 72.7 cm³/mol. The van der Waals surface area contributed by atoms with E-state index >= 15 is 0 Å². The van der Waals surface area contributed by atoms with Crippen molar-refractivity contribution >= 4 is 21.6 Å². The van der Waals surface area contributed by atoms with Gasteiger partial charge >= 0.3 is 0 Å². The van der Waals surface area contributed by atoms with Gasteiger partial charge in [0.2, 0.25) is 0 Å². The number of hydrogen-bond acceptors (Lipinski definition) is 2. The molecule has 0 radical (unpaired) electrons. The highest BCUT2D eigenvalue weighted by Crippen LogP contribution is 2.28. The molecule has 0 spiro atoms. The number of nitrogens with one attached hydrogen (secondary N) is 1. The van der Waals surface area contributed by atoms with Crippen molar-refractivity contribution in [3.63, 3.8) is 0 Å². The molecule has 0 aliphatic carbocycles. The highest BCUT2D eigenvalue weighted by molar-refractivity contribution is 9.10. The number of benzene rings is 1. The van der Waals surface area contributed by atoms with Gasteiger partial charge in [-0.05, 0) is 47.0 Å². The van der Waals surface area contributed by atoms with Crippen LogP contribution in [0, 0.1) is 11.2 Å². The molecule has 0 atom stereocenters. The summed E-state index contributed by atoms with van der Waals surface area (Å²) in [5, 5.41) is 12.7. The average Bonchev–Trinajstić information content (AvgIpc) is 2.33. The fourth-order valence-corrected chi connectivity index (χ4v) is 2.19. The fourth-order valence-electron chi connectivity index (χ4n) is 1.70. The van der Waals surface area contributed by atoms with Gasteiger partial charge in [-0.1, -0.05) is 13.8 Å². The first kappa shape index (κ1) is 14.5. The van der Waals surface area contributed by atoms with Crippen molar-refractivity contribution in [1.29, 1.82) is 0 Å². The van der Waals surface area contributed by atoms with Crippen LogP contribution in [0.2, 0.25) is 0 Å². The summed E-state index contributed by atoms with van der Waals surface area (Å²) in [6.45, 7) is 4.98. The van der Waals surface area contributed by atoms with Crippen LogP contribution in [-0.2, 0) is 0 Å². The Balaban J connectivity index is 2.72. The van der Waals surface area contributed by atoms with Crippen LogP contribution < -0.4 is 5.32 Å². The summed E-state index contributed by atoms with van der Waals surface area (Å²) >= 11 is 3.32. The Morgan fingerprint density at radius 1 is 1.35 bits per heavy atom. The molecule has 0 heterocycles. The summed E-state index contributed by atoms with van der Waals surface area (Å²) in [6.07, 6.45) is 1.82. The van der Waals surface area contributed by atoms with Crippen molar-refractivity contribution in [2.24, 2.45) is 5.41 Å². The van der Waals surface area contributed by atoms with Crippen molar-refractivity contribution in [2.75, 3.05) is 18.5 Å². The molecule has 0 amide bonds. The molecule has 96 valence electrons. The highest BCUT2D eigenvalue weighted by Gasteiger charge is 2.25. The third-order valence-corrected chi connectivity index (χ3v) is 4.08. The van der Waals surface area contributed by atoms with Gasteiger partial charge in [-0.2, -0.15) is 0 Å². The normalized spacial score (nSPS) is 11.6. The van der Waals surface area contributed by atoms with Crippen LogP contribution >= 0.6 is 15.9 Å². The van der Waals surface area contributed by atoms with E-state index in [0.717, 1.165) is 18.5 Å². The monoisotopic (exact) mass is 303 g/mol. The molecular weight excluding hydrogens is 285 g/mol. The van der Waals surface area contributed by atoms with E-state index in [9.17, 15) is 9.50 Å². The highest BCUT2D eigenvalue weighted by atomic mass is 79.9. The average molecular weight is 304 g/mol. The summed E-state index contributed by atoms with van der Waals surface area (Å²) < 4.78 is 13.6. The lowest BCUT2D eigenvalue weighted by molar-refractivity contribution is 0.127. The van der Waals surface area contributed by atoms with E-state index in [1.165, 1.54) is 12.1 Å². The van der Waals surface area contributed by atoms with Gasteiger partial charge in [0.25, 0.3) is 0 Å². The maximum absolute atomic E-state index is 12.9. The van der Waals surface area contributed by atoms with Gasteiger partial charge in [-0.3, -0.25) is 0 Å². The molecule has 2 nitrogen and oxygen atoms in total. The molecule has 1 rings (SSSR count). The molecule has 0 saturated heterocycles. The van der Waals surface area contributed by atoms with E-state index in [1.54, 1.807) is 6.07 Å². The number of hydrogen-bond donors (Lipinski definition) is 2. The van der Waals surface area contributed by atoms with E-state index in [1.807, 2.05) is 0 Å². The minimum absolute atomic E-state index is 0.103. The quantitative estimate of drug-likeness (QED) is 0.838. The smallest absolute Gasteiger partial charge is 0.124 e. The molecule has 1 aromatic carbocycles. The minimum atomic E-state index is -0.262. The van der Waals surface area contributed by atoms with Crippen molar-refractivity contribution in [2.45, 2.75) is 26.7 Å². The zero-order valence-electron chi connectivity index (χ0n) is 10.3. The van der Waals surface area contributed by atoms with Crippen LogP contribution in [0.5, 0.6) is 0 Å². The molecule has 0 aliphatic rings. The molecule has 0 bridgehead atoms. The number of halogens is 2. The largest absolute Gasteiger partial charge is 0.396 e. The predicted octanol–water partition coefficient (Wildman–Crippen LogP) is 3.80. The summed E-state index contributed by atoms with van der Waals surface area (Å²) in [4.78, 5) is 0. The number of rotatable bonds is 6. The van der Waals surface area contributed by atoms with Crippen LogP contribution in [0.15, 0.2) is 22.7 Å². The van der Waals surface area contributed by atoms with Crippen molar-refractivity contribution in [3.05, 3.63) is 28.5 Å². The SMILES string of the molecule is CCC(CC)(CO)CNc1ccc(F)cc1Br. The van der Waals surface area contributed by atoms with E-state index in [0.29, 0.717) is 11.0 Å². The van der Waals surface area contributed by atoms with Crippen LogP contribution in [0.25, 0.3) is 0 Å². The molecule has 0 unspecified atom stereocenters. The van der Waals surface area contributed by atoms with Crippen molar-refractivity contribution in [1.82, 2.24) is 0 Å². The van der Waals surface area contributed by atoms with E-state index in [2.05, 4.69) is 35.1 Å². The Morgan fingerprint density at radius 3 is 2.47 bits per heavy atom. The molecule has 0 fully saturated rings. The Hall–Kier alpha value is -0.610. The van der Waals surface area contributed by atoms with E-state index < -0.39 is 0 Å². The van der Waals surface area contributed by atoms with Crippen LogP contribution in [0.1, 0.15) is 26.7 Å². The summed E-state index contributed by atoms with van der Waals surface area (Å²) in [5.74, 6) is -0.262. The van der Waals surface area contributed by atoms with Crippen LogP contribution in [0.3, 0.4) is 0 Å².